The van der Waals surface area contributed by atoms with E-state index in [1.54, 1.807) is 18.2 Å². The minimum absolute atomic E-state index is 0.0197. The van der Waals surface area contributed by atoms with E-state index < -0.39 is 15.9 Å². The lowest BCUT2D eigenvalue weighted by Crippen LogP contribution is -2.17. The van der Waals surface area contributed by atoms with Crippen molar-refractivity contribution in [1.29, 1.82) is 0 Å². The molecule has 0 aliphatic carbocycles. The van der Waals surface area contributed by atoms with E-state index in [1.165, 1.54) is 53.7 Å². The summed E-state index contributed by atoms with van der Waals surface area (Å²) in [6, 6.07) is 13.5. The molecule has 2 aromatic carbocycles. The number of benzene rings is 2. The summed E-state index contributed by atoms with van der Waals surface area (Å²) in [4.78, 5) is 12.3. The standard InChI is InChI=1S/C18H13ClN6O4S/c19-12-6-7-15(16(9-12)21-18(26)17-5-2-8-29-17)22-30(27,28)14-4-1-3-13(10-14)25-11-20-23-24-25/h1-11,22H,(H,21,26). The number of rotatable bonds is 6. The molecule has 0 saturated carbocycles. The number of nitrogens with zero attached hydrogens (tertiary/aromatic N) is 4. The largest absolute Gasteiger partial charge is 0.459 e. The summed E-state index contributed by atoms with van der Waals surface area (Å²) in [5.74, 6) is -0.485. The van der Waals surface area contributed by atoms with Crippen molar-refractivity contribution in [2.45, 2.75) is 4.90 Å². The van der Waals surface area contributed by atoms with Gasteiger partial charge in [-0.2, -0.15) is 0 Å². The number of carbonyl (C=O) groups is 1. The van der Waals surface area contributed by atoms with Gasteiger partial charge in [-0.15, -0.1) is 5.10 Å². The highest BCUT2D eigenvalue weighted by Gasteiger charge is 2.19. The predicted octanol–water partition coefficient (Wildman–Crippen LogP) is 2.96. The number of amides is 1. The van der Waals surface area contributed by atoms with E-state index >= 15 is 0 Å². The molecule has 10 nitrogen and oxygen atoms in total. The Labute approximate surface area is 175 Å². The molecule has 30 heavy (non-hydrogen) atoms. The van der Waals surface area contributed by atoms with Crippen molar-refractivity contribution >= 4 is 38.9 Å². The van der Waals surface area contributed by atoms with Gasteiger partial charge in [0.1, 0.15) is 6.33 Å². The van der Waals surface area contributed by atoms with E-state index in [2.05, 4.69) is 25.6 Å². The molecule has 2 aromatic heterocycles. The van der Waals surface area contributed by atoms with Gasteiger partial charge in [-0.1, -0.05) is 17.7 Å². The lowest BCUT2D eigenvalue weighted by atomic mass is 10.2. The van der Waals surface area contributed by atoms with Crippen LogP contribution in [0.5, 0.6) is 0 Å². The lowest BCUT2D eigenvalue weighted by Gasteiger charge is -2.14. The summed E-state index contributed by atoms with van der Waals surface area (Å²) in [7, 11) is -4.00. The smallest absolute Gasteiger partial charge is 0.291 e. The molecule has 152 valence electrons. The number of hydrogen-bond donors (Lipinski definition) is 2. The third kappa shape index (κ3) is 4.16. The van der Waals surface area contributed by atoms with Gasteiger partial charge in [-0.05, 0) is 59.0 Å². The average Bonchev–Trinajstić information content (AvgIpc) is 3.44. The number of carbonyl (C=O) groups excluding carboxylic acids is 1. The molecule has 1 amide bonds. The van der Waals surface area contributed by atoms with E-state index in [9.17, 15) is 13.2 Å². The van der Waals surface area contributed by atoms with Gasteiger partial charge < -0.3 is 9.73 Å². The molecular formula is C18H13ClN6O4S. The zero-order valence-corrected chi connectivity index (χ0v) is 16.6. The molecule has 0 fully saturated rings. The molecular weight excluding hydrogens is 432 g/mol. The minimum atomic E-state index is -4.00. The van der Waals surface area contributed by atoms with Gasteiger partial charge in [-0.25, -0.2) is 13.1 Å². The Morgan fingerprint density at radius 2 is 1.93 bits per heavy atom. The Morgan fingerprint density at radius 1 is 1.07 bits per heavy atom. The third-order valence-corrected chi connectivity index (χ3v) is 5.56. The van der Waals surface area contributed by atoms with Gasteiger partial charge in [-0.3, -0.25) is 9.52 Å². The van der Waals surface area contributed by atoms with Gasteiger partial charge in [0, 0.05) is 5.02 Å². The van der Waals surface area contributed by atoms with Crippen molar-refractivity contribution in [2.75, 3.05) is 10.0 Å². The highest BCUT2D eigenvalue weighted by Crippen LogP contribution is 2.29. The number of halogens is 1. The van der Waals surface area contributed by atoms with E-state index in [0.29, 0.717) is 10.7 Å². The number of sulfonamides is 1. The first-order valence-electron chi connectivity index (χ1n) is 8.43. The van der Waals surface area contributed by atoms with Crippen LogP contribution in [0.15, 0.2) is 76.5 Å². The van der Waals surface area contributed by atoms with Crippen molar-refractivity contribution in [2.24, 2.45) is 0 Å². The van der Waals surface area contributed by atoms with Gasteiger partial charge in [0.2, 0.25) is 0 Å². The van der Waals surface area contributed by atoms with Crippen LogP contribution in [0, 0.1) is 0 Å². The van der Waals surface area contributed by atoms with Crippen LogP contribution in [0.4, 0.5) is 11.4 Å². The zero-order chi connectivity index (χ0) is 21.1. The van der Waals surface area contributed by atoms with Gasteiger partial charge in [0.25, 0.3) is 15.9 Å². The van der Waals surface area contributed by atoms with Crippen molar-refractivity contribution in [3.63, 3.8) is 0 Å². The maximum absolute atomic E-state index is 12.9. The third-order valence-electron chi connectivity index (χ3n) is 3.96. The first-order chi connectivity index (χ1) is 14.4. The van der Waals surface area contributed by atoms with Crippen LogP contribution in [0.25, 0.3) is 5.69 Å². The number of tetrazole rings is 1. The lowest BCUT2D eigenvalue weighted by molar-refractivity contribution is 0.0996. The quantitative estimate of drug-likeness (QED) is 0.467. The molecule has 0 unspecified atom stereocenters. The highest BCUT2D eigenvalue weighted by atomic mass is 35.5. The molecule has 0 aliphatic heterocycles. The van der Waals surface area contributed by atoms with Crippen LogP contribution >= 0.6 is 11.6 Å². The summed E-state index contributed by atoms with van der Waals surface area (Å²) in [5, 5.41) is 13.7. The average molecular weight is 445 g/mol. The van der Waals surface area contributed by atoms with Gasteiger partial charge in [0.05, 0.1) is 28.2 Å². The summed E-state index contributed by atoms with van der Waals surface area (Å²) in [5.41, 5.74) is 0.765. The maximum atomic E-state index is 12.9. The Hall–Kier alpha value is -3.70. The number of anilines is 2. The number of hydrogen-bond acceptors (Lipinski definition) is 7. The second-order valence-electron chi connectivity index (χ2n) is 5.98. The second kappa shape index (κ2) is 7.97. The highest BCUT2D eigenvalue weighted by molar-refractivity contribution is 7.92. The first kappa shape index (κ1) is 19.6. The van der Waals surface area contributed by atoms with E-state index in [0.717, 1.165) is 0 Å². The molecule has 0 spiro atoms. The number of nitrogens with one attached hydrogen (secondary N) is 2. The van der Waals surface area contributed by atoms with Crippen LogP contribution in [0.1, 0.15) is 10.6 Å². The first-order valence-corrected chi connectivity index (χ1v) is 10.3. The summed E-state index contributed by atoms with van der Waals surface area (Å²) in [6.07, 6.45) is 2.70. The fraction of sp³-hybridized carbons (Fsp3) is 0. The van der Waals surface area contributed by atoms with Crippen LogP contribution in [0.3, 0.4) is 0 Å². The zero-order valence-electron chi connectivity index (χ0n) is 15.1. The second-order valence-corrected chi connectivity index (χ2v) is 8.10. The fourth-order valence-electron chi connectivity index (χ4n) is 2.58. The van der Waals surface area contributed by atoms with E-state index in [4.69, 9.17) is 16.0 Å². The molecule has 0 radical (unpaired) electrons. The van der Waals surface area contributed by atoms with Crippen LogP contribution in [0.2, 0.25) is 5.02 Å². The molecule has 0 aliphatic rings. The monoisotopic (exact) mass is 444 g/mol. The molecule has 2 N–H and O–H groups in total. The van der Waals surface area contributed by atoms with Crippen LogP contribution in [-0.4, -0.2) is 34.5 Å². The van der Waals surface area contributed by atoms with Crippen molar-refractivity contribution in [3.8, 4) is 5.69 Å². The Morgan fingerprint density at radius 3 is 2.67 bits per heavy atom. The molecule has 4 rings (SSSR count). The molecule has 12 heteroatoms. The van der Waals surface area contributed by atoms with Crippen LogP contribution < -0.4 is 10.0 Å². The SMILES string of the molecule is O=C(Nc1cc(Cl)ccc1NS(=O)(=O)c1cccc(-n2cnnn2)c1)c1ccco1. The predicted molar refractivity (Wildman–Crippen MR) is 108 cm³/mol. The fourth-order valence-corrected chi connectivity index (χ4v) is 3.87. The van der Waals surface area contributed by atoms with Crippen molar-refractivity contribution in [1.82, 2.24) is 20.2 Å². The normalized spacial score (nSPS) is 11.2. The van der Waals surface area contributed by atoms with E-state index in [-0.39, 0.29) is 22.0 Å². The van der Waals surface area contributed by atoms with E-state index in [1.807, 2.05) is 0 Å². The van der Waals surface area contributed by atoms with Crippen molar-refractivity contribution < 1.29 is 17.6 Å². The van der Waals surface area contributed by atoms with Gasteiger partial charge in [0.15, 0.2) is 5.76 Å². The summed E-state index contributed by atoms with van der Waals surface area (Å²) >= 11 is 6.02. The molecule has 2 heterocycles. The molecule has 0 atom stereocenters. The maximum Gasteiger partial charge on any atom is 0.291 e. The molecule has 0 saturated heterocycles. The Kier molecular flexibility index (Phi) is 5.21. The summed E-state index contributed by atoms with van der Waals surface area (Å²) in [6.45, 7) is 0. The molecule has 0 bridgehead atoms. The number of furan rings is 1. The van der Waals surface area contributed by atoms with Gasteiger partial charge >= 0.3 is 0 Å². The summed E-state index contributed by atoms with van der Waals surface area (Å²) < 4.78 is 34.7. The number of aromatic nitrogens is 4. The van der Waals surface area contributed by atoms with Crippen molar-refractivity contribution in [3.05, 3.63) is 78.0 Å². The van der Waals surface area contributed by atoms with Crippen LogP contribution in [-0.2, 0) is 10.0 Å². The minimum Gasteiger partial charge on any atom is -0.459 e. The Balaban J connectivity index is 1.64. The topological polar surface area (TPSA) is 132 Å². The molecule has 4 aromatic rings. The Bertz CT molecular complexity index is 1290.